The molecule has 2 aromatic rings. The van der Waals surface area contributed by atoms with Gasteiger partial charge in [-0.2, -0.15) is 0 Å². The molecule has 2 heterocycles. The molecule has 186 valence electrons. The van der Waals surface area contributed by atoms with Gasteiger partial charge in [-0.25, -0.2) is 13.1 Å². The topological polar surface area (TPSA) is 112 Å². The monoisotopic (exact) mass is 491 g/mol. The van der Waals surface area contributed by atoms with Crippen LogP contribution >= 0.6 is 0 Å². The van der Waals surface area contributed by atoms with Crippen molar-refractivity contribution in [3.63, 3.8) is 0 Å². The molecule has 0 spiro atoms. The number of piperazine rings is 1. The van der Waals surface area contributed by atoms with Gasteiger partial charge in [0.15, 0.2) is 0 Å². The molecular formula is C24H33N3O6S. The molecule has 0 amide bonds. The maximum Gasteiger partial charge on any atom is 0.240 e. The van der Waals surface area contributed by atoms with Gasteiger partial charge < -0.3 is 24.6 Å². The van der Waals surface area contributed by atoms with Crippen LogP contribution in [0, 0.1) is 6.92 Å². The lowest BCUT2D eigenvalue weighted by atomic mass is 10.0. The Bertz CT molecular complexity index is 1060. The number of aliphatic hydroxyl groups is 2. The van der Waals surface area contributed by atoms with Crippen LogP contribution in [-0.4, -0.2) is 94.3 Å². The number of aliphatic hydroxyl groups excluding tert-OH is 2. The summed E-state index contributed by atoms with van der Waals surface area (Å²) in [5.74, 6) is 0.809. The second kappa shape index (κ2) is 10.6. The minimum Gasteiger partial charge on any atom is -0.495 e. The summed E-state index contributed by atoms with van der Waals surface area (Å²) in [7, 11) is -2.08. The van der Waals surface area contributed by atoms with Gasteiger partial charge in [0.25, 0.3) is 0 Å². The molecule has 4 unspecified atom stereocenters. The Morgan fingerprint density at radius 1 is 1.06 bits per heavy atom. The predicted octanol–water partition coefficient (Wildman–Crippen LogP) is 0.593. The van der Waals surface area contributed by atoms with E-state index in [1.807, 2.05) is 31.2 Å². The average molecular weight is 492 g/mol. The van der Waals surface area contributed by atoms with Gasteiger partial charge in [0.2, 0.25) is 10.0 Å². The molecule has 0 radical (unpaired) electrons. The molecule has 2 aliphatic heterocycles. The summed E-state index contributed by atoms with van der Waals surface area (Å²) in [6.07, 6.45) is -2.27. The summed E-state index contributed by atoms with van der Waals surface area (Å²) in [6.45, 7) is 4.31. The Kier molecular flexibility index (Phi) is 7.76. The molecule has 9 nitrogen and oxygen atoms in total. The molecule has 0 aromatic heterocycles. The largest absolute Gasteiger partial charge is 0.495 e. The van der Waals surface area contributed by atoms with Gasteiger partial charge in [0.05, 0.1) is 36.4 Å². The number of nitrogens with zero attached hydrogens (tertiary/aromatic N) is 2. The summed E-state index contributed by atoms with van der Waals surface area (Å²) < 4.78 is 39.5. The Balaban J connectivity index is 1.44. The first kappa shape index (κ1) is 24.9. The van der Waals surface area contributed by atoms with Crippen molar-refractivity contribution in [2.75, 3.05) is 51.3 Å². The highest BCUT2D eigenvalue weighted by Crippen LogP contribution is 2.31. The van der Waals surface area contributed by atoms with E-state index in [1.54, 1.807) is 31.4 Å². The van der Waals surface area contributed by atoms with Crippen LogP contribution in [0.15, 0.2) is 53.4 Å². The van der Waals surface area contributed by atoms with Crippen molar-refractivity contribution in [1.29, 1.82) is 0 Å². The van der Waals surface area contributed by atoms with Crippen LogP contribution in [0.2, 0.25) is 0 Å². The number of hydrogen-bond acceptors (Lipinski definition) is 8. The highest BCUT2D eigenvalue weighted by Gasteiger charge is 2.47. The fraction of sp³-hybridized carbons (Fsp3) is 0.500. The molecule has 2 aliphatic rings. The van der Waals surface area contributed by atoms with E-state index in [0.717, 1.165) is 30.1 Å². The lowest BCUT2D eigenvalue weighted by Gasteiger charge is -2.41. The van der Waals surface area contributed by atoms with Crippen LogP contribution in [-0.2, 0) is 14.8 Å². The number of rotatable bonds is 8. The minimum absolute atomic E-state index is 0.00115. The Morgan fingerprint density at radius 3 is 2.38 bits per heavy atom. The molecule has 4 atom stereocenters. The van der Waals surface area contributed by atoms with E-state index < -0.39 is 34.4 Å². The number of para-hydroxylation sites is 2. The Labute approximate surface area is 201 Å². The number of aryl methyl sites for hydroxylation is 1. The zero-order valence-corrected chi connectivity index (χ0v) is 20.3. The van der Waals surface area contributed by atoms with E-state index in [9.17, 15) is 18.6 Å². The van der Waals surface area contributed by atoms with Gasteiger partial charge in [-0.05, 0) is 31.2 Å². The van der Waals surface area contributed by atoms with E-state index in [2.05, 4.69) is 14.5 Å². The summed E-state index contributed by atoms with van der Waals surface area (Å²) in [6, 6.07) is 14.0. The fourth-order valence-electron chi connectivity index (χ4n) is 4.74. The number of hydrogen-bond donors (Lipinski definition) is 3. The standard InChI is InChI=1S/C24H33N3O6S/c1-17-7-9-18(10-8-17)34(30,31)25-15-21-23(24(29)22(16-28)33-21)27-13-11-26(12-14-27)19-5-3-4-6-20(19)32-2/h3-10,21-25,28-29H,11-16H2,1-2H3. The van der Waals surface area contributed by atoms with Crippen LogP contribution < -0.4 is 14.4 Å². The Morgan fingerprint density at radius 2 is 1.74 bits per heavy atom. The molecular weight excluding hydrogens is 458 g/mol. The lowest BCUT2D eigenvalue weighted by Crippen LogP contribution is -2.57. The first-order chi connectivity index (χ1) is 16.3. The second-order valence-electron chi connectivity index (χ2n) is 8.74. The number of nitrogens with one attached hydrogen (secondary N) is 1. The van der Waals surface area contributed by atoms with Crippen LogP contribution in [0.25, 0.3) is 0 Å². The lowest BCUT2D eigenvalue weighted by molar-refractivity contribution is -0.0201. The van der Waals surface area contributed by atoms with Crippen molar-refractivity contribution < 1.29 is 28.1 Å². The van der Waals surface area contributed by atoms with E-state index in [0.29, 0.717) is 13.1 Å². The number of sulfonamides is 1. The third-order valence-electron chi connectivity index (χ3n) is 6.61. The third kappa shape index (κ3) is 5.22. The molecule has 3 N–H and O–H groups in total. The van der Waals surface area contributed by atoms with Gasteiger partial charge >= 0.3 is 0 Å². The maximum absolute atomic E-state index is 12.8. The highest BCUT2D eigenvalue weighted by molar-refractivity contribution is 7.89. The van der Waals surface area contributed by atoms with Crippen molar-refractivity contribution in [2.24, 2.45) is 0 Å². The molecule has 2 aromatic carbocycles. The van der Waals surface area contributed by atoms with Gasteiger partial charge in [-0.3, -0.25) is 4.90 Å². The number of ether oxygens (including phenoxy) is 2. The second-order valence-corrected chi connectivity index (χ2v) is 10.5. The highest BCUT2D eigenvalue weighted by atomic mass is 32.2. The summed E-state index contributed by atoms with van der Waals surface area (Å²) in [5, 5.41) is 20.6. The van der Waals surface area contributed by atoms with Crippen molar-refractivity contribution in [3.05, 3.63) is 54.1 Å². The molecule has 4 rings (SSSR count). The van der Waals surface area contributed by atoms with E-state index >= 15 is 0 Å². The average Bonchev–Trinajstić information content (AvgIpc) is 3.18. The fourth-order valence-corrected chi connectivity index (χ4v) is 5.79. The summed E-state index contributed by atoms with van der Waals surface area (Å²) >= 11 is 0. The molecule has 34 heavy (non-hydrogen) atoms. The smallest absolute Gasteiger partial charge is 0.240 e. The third-order valence-corrected chi connectivity index (χ3v) is 8.05. The first-order valence-electron chi connectivity index (χ1n) is 11.5. The van der Waals surface area contributed by atoms with Gasteiger partial charge in [0.1, 0.15) is 18.0 Å². The van der Waals surface area contributed by atoms with Crippen LogP contribution in [0.4, 0.5) is 5.69 Å². The van der Waals surface area contributed by atoms with Gasteiger partial charge in [-0.1, -0.05) is 29.8 Å². The van der Waals surface area contributed by atoms with E-state index in [1.165, 1.54) is 0 Å². The van der Waals surface area contributed by atoms with Gasteiger partial charge in [0, 0.05) is 32.7 Å². The first-order valence-corrected chi connectivity index (χ1v) is 12.9. The molecule has 0 bridgehead atoms. The Hall–Kier alpha value is -2.21. The van der Waals surface area contributed by atoms with Crippen molar-refractivity contribution in [1.82, 2.24) is 9.62 Å². The normalized spacial score (nSPS) is 26.1. The van der Waals surface area contributed by atoms with Crippen molar-refractivity contribution in [2.45, 2.75) is 36.2 Å². The zero-order chi connectivity index (χ0) is 24.3. The van der Waals surface area contributed by atoms with Crippen molar-refractivity contribution >= 4 is 15.7 Å². The molecule has 2 saturated heterocycles. The van der Waals surface area contributed by atoms with E-state index in [4.69, 9.17) is 9.47 Å². The van der Waals surface area contributed by atoms with E-state index in [-0.39, 0.29) is 18.0 Å². The minimum atomic E-state index is -3.73. The zero-order valence-electron chi connectivity index (χ0n) is 19.5. The SMILES string of the molecule is COc1ccccc1N1CCN(C2C(CNS(=O)(=O)c3ccc(C)cc3)OC(CO)C2O)CC1. The number of methoxy groups -OCH3 is 1. The molecule has 10 heteroatoms. The number of anilines is 1. The van der Waals surface area contributed by atoms with Crippen LogP contribution in [0.5, 0.6) is 5.75 Å². The number of benzene rings is 2. The summed E-state index contributed by atoms with van der Waals surface area (Å²) in [4.78, 5) is 4.53. The van der Waals surface area contributed by atoms with Gasteiger partial charge in [-0.15, -0.1) is 0 Å². The molecule has 2 fully saturated rings. The quantitative estimate of drug-likeness (QED) is 0.492. The summed E-state index contributed by atoms with van der Waals surface area (Å²) in [5.41, 5.74) is 1.99. The molecule has 0 aliphatic carbocycles. The predicted molar refractivity (Wildman–Crippen MR) is 129 cm³/mol. The van der Waals surface area contributed by atoms with Crippen LogP contribution in [0.1, 0.15) is 5.56 Å². The maximum atomic E-state index is 12.8. The van der Waals surface area contributed by atoms with Crippen molar-refractivity contribution in [3.8, 4) is 5.75 Å². The van der Waals surface area contributed by atoms with Crippen LogP contribution in [0.3, 0.4) is 0 Å². The molecule has 0 saturated carbocycles.